The molecule has 0 bridgehead atoms. The fourth-order valence-electron chi connectivity index (χ4n) is 0.971. The predicted molar refractivity (Wildman–Crippen MR) is 62.0 cm³/mol. The number of thioether (sulfide) groups is 1. The summed E-state index contributed by atoms with van der Waals surface area (Å²) in [5, 5.41) is 11.7. The molecule has 0 spiro atoms. The smallest absolute Gasteiger partial charge is 0.326 e. The van der Waals surface area contributed by atoms with Crippen LogP contribution in [0, 0.1) is 5.92 Å². The van der Waals surface area contributed by atoms with Crippen molar-refractivity contribution in [1.82, 2.24) is 5.32 Å². The van der Waals surface area contributed by atoms with Crippen LogP contribution in [0.25, 0.3) is 0 Å². The molecule has 0 aliphatic heterocycles. The first-order valence-electron chi connectivity index (χ1n) is 4.98. The number of hydrogen-bond donors (Lipinski definition) is 2. The molecule has 5 heteroatoms. The molecule has 0 saturated heterocycles. The van der Waals surface area contributed by atoms with E-state index in [-0.39, 0.29) is 11.8 Å². The summed E-state index contributed by atoms with van der Waals surface area (Å²) in [6.45, 7) is 7.54. The summed E-state index contributed by atoms with van der Waals surface area (Å²) in [7, 11) is 0. The second-order valence-corrected chi connectivity index (χ2v) is 5.55. The summed E-state index contributed by atoms with van der Waals surface area (Å²) in [6, 6.07) is -0.787. The maximum atomic E-state index is 11.4. The van der Waals surface area contributed by atoms with Crippen molar-refractivity contribution in [1.29, 1.82) is 0 Å². The lowest BCUT2D eigenvalue weighted by Crippen LogP contribution is -2.45. The summed E-state index contributed by atoms with van der Waals surface area (Å²) in [6.07, 6.45) is 0. The van der Waals surface area contributed by atoms with Crippen LogP contribution in [0.1, 0.15) is 27.7 Å². The molecule has 0 rings (SSSR count). The van der Waals surface area contributed by atoms with E-state index in [2.05, 4.69) is 5.32 Å². The second-order valence-electron chi connectivity index (χ2n) is 3.99. The van der Waals surface area contributed by atoms with Gasteiger partial charge in [-0.15, -0.1) is 11.8 Å². The first-order valence-corrected chi connectivity index (χ1v) is 6.03. The van der Waals surface area contributed by atoms with Gasteiger partial charge in [0, 0.05) is 0 Å². The van der Waals surface area contributed by atoms with E-state index in [0.717, 1.165) is 0 Å². The van der Waals surface area contributed by atoms with Gasteiger partial charge in [0.1, 0.15) is 6.04 Å². The highest BCUT2D eigenvalue weighted by molar-refractivity contribution is 8.00. The van der Waals surface area contributed by atoms with Crippen molar-refractivity contribution in [2.24, 2.45) is 5.92 Å². The van der Waals surface area contributed by atoms with Crippen molar-refractivity contribution in [3.05, 3.63) is 0 Å². The van der Waals surface area contributed by atoms with Crippen molar-refractivity contribution in [2.45, 2.75) is 39.0 Å². The van der Waals surface area contributed by atoms with Gasteiger partial charge in [-0.1, -0.05) is 27.7 Å². The van der Waals surface area contributed by atoms with Gasteiger partial charge in [-0.2, -0.15) is 0 Å². The molecule has 0 aliphatic carbocycles. The van der Waals surface area contributed by atoms with Gasteiger partial charge in [0.05, 0.1) is 5.75 Å². The minimum absolute atomic E-state index is 0.101. The number of amides is 1. The van der Waals surface area contributed by atoms with E-state index in [4.69, 9.17) is 5.11 Å². The van der Waals surface area contributed by atoms with Gasteiger partial charge in [0.25, 0.3) is 0 Å². The van der Waals surface area contributed by atoms with E-state index in [9.17, 15) is 9.59 Å². The molecular formula is C10H19NO3S. The summed E-state index contributed by atoms with van der Waals surface area (Å²) >= 11 is 1.50. The zero-order valence-electron chi connectivity index (χ0n) is 9.61. The topological polar surface area (TPSA) is 66.4 Å². The Hall–Kier alpha value is -0.710. The lowest BCUT2D eigenvalue weighted by atomic mass is 10.1. The van der Waals surface area contributed by atoms with E-state index >= 15 is 0 Å². The van der Waals surface area contributed by atoms with E-state index in [1.165, 1.54) is 11.8 Å². The molecule has 0 aromatic rings. The van der Waals surface area contributed by atoms with Crippen LogP contribution in [0.3, 0.4) is 0 Å². The Morgan fingerprint density at radius 2 is 1.80 bits per heavy atom. The van der Waals surface area contributed by atoms with Crippen molar-refractivity contribution < 1.29 is 14.7 Å². The van der Waals surface area contributed by atoms with Crippen LogP contribution < -0.4 is 5.32 Å². The van der Waals surface area contributed by atoms with Crippen LogP contribution in [0.4, 0.5) is 0 Å². The fraction of sp³-hybridized carbons (Fsp3) is 0.800. The molecule has 15 heavy (non-hydrogen) atoms. The highest BCUT2D eigenvalue weighted by Crippen LogP contribution is 2.09. The third-order valence-electron chi connectivity index (χ3n) is 1.80. The number of carboxylic acid groups (broad SMARTS) is 1. The number of rotatable bonds is 6. The Morgan fingerprint density at radius 3 is 2.13 bits per heavy atom. The minimum atomic E-state index is -0.979. The van der Waals surface area contributed by atoms with Crippen molar-refractivity contribution in [3.63, 3.8) is 0 Å². The molecule has 2 N–H and O–H groups in total. The van der Waals surface area contributed by atoms with Crippen LogP contribution in [-0.2, 0) is 9.59 Å². The largest absolute Gasteiger partial charge is 0.480 e. The van der Waals surface area contributed by atoms with Crippen molar-refractivity contribution in [3.8, 4) is 0 Å². The minimum Gasteiger partial charge on any atom is -0.480 e. The van der Waals surface area contributed by atoms with Gasteiger partial charge < -0.3 is 10.4 Å². The number of aliphatic carboxylic acids is 1. The maximum absolute atomic E-state index is 11.4. The molecule has 0 aliphatic rings. The SMILES string of the molecule is CC(C)SCC(=O)N[C@H](C(=O)O)C(C)C. The quantitative estimate of drug-likeness (QED) is 0.727. The maximum Gasteiger partial charge on any atom is 0.326 e. The number of nitrogens with one attached hydrogen (secondary N) is 1. The lowest BCUT2D eigenvalue weighted by Gasteiger charge is -2.17. The number of carbonyl (C=O) groups excluding carboxylic acids is 1. The van der Waals surface area contributed by atoms with Gasteiger partial charge in [0.15, 0.2) is 0 Å². The van der Waals surface area contributed by atoms with Gasteiger partial charge in [-0.25, -0.2) is 4.79 Å². The molecule has 0 fully saturated rings. The third-order valence-corrected chi connectivity index (χ3v) is 2.89. The number of carbonyl (C=O) groups is 2. The van der Waals surface area contributed by atoms with Gasteiger partial charge in [0.2, 0.25) is 5.91 Å². The van der Waals surface area contributed by atoms with Crippen molar-refractivity contribution in [2.75, 3.05) is 5.75 Å². The fourth-order valence-corrected chi connectivity index (χ4v) is 1.54. The Balaban J connectivity index is 4.07. The summed E-state index contributed by atoms with van der Waals surface area (Å²) in [5.74, 6) is -0.980. The van der Waals surface area contributed by atoms with E-state index in [0.29, 0.717) is 11.0 Å². The monoisotopic (exact) mass is 233 g/mol. The molecule has 1 atom stereocenters. The first-order chi connectivity index (χ1) is 6.84. The number of hydrogen-bond acceptors (Lipinski definition) is 3. The van der Waals surface area contributed by atoms with Gasteiger partial charge in [-0.05, 0) is 11.2 Å². The average Bonchev–Trinajstić information content (AvgIpc) is 2.09. The molecule has 0 saturated carbocycles. The molecular weight excluding hydrogens is 214 g/mol. The van der Waals surface area contributed by atoms with Gasteiger partial charge in [-0.3, -0.25) is 4.79 Å². The third kappa shape index (κ3) is 6.38. The summed E-state index contributed by atoms with van der Waals surface area (Å²) in [4.78, 5) is 22.2. The Labute approximate surface area is 94.8 Å². The predicted octanol–water partition coefficient (Wildman–Crippen LogP) is 1.35. The van der Waals surface area contributed by atoms with Crippen LogP contribution in [0.5, 0.6) is 0 Å². The molecule has 0 aromatic carbocycles. The molecule has 0 radical (unpaired) electrons. The lowest BCUT2D eigenvalue weighted by molar-refractivity contribution is -0.142. The summed E-state index contributed by atoms with van der Waals surface area (Å²) < 4.78 is 0. The molecule has 1 amide bonds. The highest BCUT2D eigenvalue weighted by atomic mass is 32.2. The van der Waals surface area contributed by atoms with Crippen LogP contribution in [-0.4, -0.2) is 34.0 Å². The highest BCUT2D eigenvalue weighted by Gasteiger charge is 2.23. The van der Waals surface area contributed by atoms with Gasteiger partial charge >= 0.3 is 5.97 Å². The van der Waals surface area contributed by atoms with Crippen LogP contribution in [0.2, 0.25) is 0 Å². The first kappa shape index (κ1) is 14.3. The molecule has 0 unspecified atom stereocenters. The average molecular weight is 233 g/mol. The zero-order valence-corrected chi connectivity index (χ0v) is 10.4. The molecule has 0 heterocycles. The molecule has 0 aromatic heterocycles. The van der Waals surface area contributed by atoms with E-state index < -0.39 is 12.0 Å². The normalized spacial score (nSPS) is 12.9. The molecule has 88 valence electrons. The second kappa shape index (κ2) is 6.71. The zero-order chi connectivity index (χ0) is 12.0. The Kier molecular flexibility index (Phi) is 6.40. The standard InChI is InChI=1S/C10H19NO3S/c1-6(2)9(10(13)14)11-8(12)5-15-7(3)4/h6-7,9H,5H2,1-4H3,(H,11,12)(H,13,14)/t9-/m0/s1. The molecule has 4 nitrogen and oxygen atoms in total. The van der Waals surface area contributed by atoms with E-state index in [1.54, 1.807) is 13.8 Å². The Bertz CT molecular complexity index is 229. The van der Waals surface area contributed by atoms with Crippen molar-refractivity contribution >= 4 is 23.6 Å². The van der Waals surface area contributed by atoms with E-state index in [1.807, 2.05) is 13.8 Å². The van der Waals surface area contributed by atoms with Crippen LogP contribution in [0.15, 0.2) is 0 Å². The summed E-state index contributed by atoms with van der Waals surface area (Å²) in [5.41, 5.74) is 0. The Morgan fingerprint density at radius 1 is 1.27 bits per heavy atom. The number of carboxylic acids is 1. The van der Waals surface area contributed by atoms with Crippen LogP contribution >= 0.6 is 11.8 Å².